The molecule has 3 N–H and O–H groups in total. The van der Waals surface area contributed by atoms with E-state index in [4.69, 9.17) is 5.73 Å². The summed E-state index contributed by atoms with van der Waals surface area (Å²) in [6, 6.07) is 4.63. The number of hydrogen-bond donors (Lipinski definition) is 2. The van der Waals surface area contributed by atoms with Gasteiger partial charge in [0.2, 0.25) is 5.95 Å². The van der Waals surface area contributed by atoms with E-state index in [1.165, 1.54) is 17.4 Å². The average molecular weight is 343 g/mol. The Hall–Kier alpha value is -2.20. The average Bonchev–Trinajstić information content (AvgIpc) is 3.04. The van der Waals surface area contributed by atoms with Crippen LogP contribution < -0.4 is 10.7 Å². The summed E-state index contributed by atoms with van der Waals surface area (Å²) in [5.74, 6) is -0.398. The molecule has 6 nitrogen and oxygen atoms in total. The van der Waals surface area contributed by atoms with Gasteiger partial charge < -0.3 is 10.8 Å². The quantitative estimate of drug-likeness (QED) is 0.874. The standard InChI is InChI=1S/C13H12F3N5OS/c1-7-5-10(19-11(17)18-7)21-12(22,13(14,15)16)6-8(20-21)9-3-2-4-23-9/h2-5,22H,6H2,1H3,(H2,17,18,19)/t12-/m1/s1. The molecule has 3 heterocycles. The van der Waals surface area contributed by atoms with Crippen molar-refractivity contribution >= 4 is 28.8 Å². The number of anilines is 2. The van der Waals surface area contributed by atoms with E-state index in [9.17, 15) is 18.3 Å². The number of alkyl halides is 3. The van der Waals surface area contributed by atoms with Gasteiger partial charge in [0, 0.05) is 11.8 Å². The fourth-order valence-corrected chi connectivity index (χ4v) is 2.98. The fraction of sp³-hybridized carbons (Fsp3) is 0.308. The van der Waals surface area contributed by atoms with Crippen LogP contribution in [0.4, 0.5) is 24.9 Å². The van der Waals surface area contributed by atoms with Crippen LogP contribution in [-0.2, 0) is 0 Å². The lowest BCUT2D eigenvalue weighted by Crippen LogP contribution is -2.55. The molecule has 0 radical (unpaired) electrons. The van der Waals surface area contributed by atoms with Crippen LogP contribution >= 0.6 is 11.3 Å². The number of rotatable bonds is 2. The molecule has 0 fully saturated rings. The second kappa shape index (κ2) is 5.17. The second-order valence-electron chi connectivity index (χ2n) is 5.05. The van der Waals surface area contributed by atoms with Crippen molar-refractivity contribution in [3.05, 3.63) is 34.2 Å². The molecule has 0 spiro atoms. The third-order valence-corrected chi connectivity index (χ3v) is 4.24. The number of nitrogen functional groups attached to an aromatic ring is 1. The molecule has 0 saturated carbocycles. The predicted molar refractivity (Wildman–Crippen MR) is 80.1 cm³/mol. The number of thiophene rings is 1. The summed E-state index contributed by atoms with van der Waals surface area (Å²) in [6.07, 6.45) is -5.62. The Balaban J connectivity index is 2.12. The van der Waals surface area contributed by atoms with Crippen LogP contribution in [0.5, 0.6) is 0 Å². The molecule has 122 valence electrons. The molecule has 0 amide bonds. The summed E-state index contributed by atoms with van der Waals surface area (Å²) in [4.78, 5) is 8.13. The van der Waals surface area contributed by atoms with Crippen LogP contribution in [0.1, 0.15) is 17.0 Å². The Morgan fingerprint density at radius 2 is 2.13 bits per heavy atom. The van der Waals surface area contributed by atoms with E-state index in [0.29, 0.717) is 15.6 Å². The van der Waals surface area contributed by atoms with Crippen molar-refractivity contribution in [3.63, 3.8) is 0 Å². The Morgan fingerprint density at radius 1 is 1.39 bits per heavy atom. The molecule has 0 unspecified atom stereocenters. The number of hydrogen-bond acceptors (Lipinski definition) is 7. The maximum atomic E-state index is 13.5. The van der Waals surface area contributed by atoms with E-state index in [1.807, 2.05) is 0 Å². The molecule has 0 saturated heterocycles. The molecular formula is C13H12F3N5OS. The highest BCUT2D eigenvalue weighted by atomic mass is 32.1. The van der Waals surface area contributed by atoms with Crippen LogP contribution in [0.2, 0.25) is 0 Å². The van der Waals surface area contributed by atoms with Gasteiger partial charge in [-0.05, 0) is 18.4 Å². The summed E-state index contributed by atoms with van der Waals surface area (Å²) in [5, 5.41) is 16.4. The Labute approximate surface area is 133 Å². The minimum atomic E-state index is -4.93. The minimum absolute atomic E-state index is 0.134. The zero-order valence-electron chi connectivity index (χ0n) is 11.9. The molecule has 3 rings (SSSR count). The lowest BCUT2D eigenvalue weighted by Gasteiger charge is -2.33. The summed E-state index contributed by atoms with van der Waals surface area (Å²) in [6.45, 7) is 1.56. The van der Waals surface area contributed by atoms with E-state index >= 15 is 0 Å². The van der Waals surface area contributed by atoms with Crippen molar-refractivity contribution in [1.29, 1.82) is 0 Å². The molecule has 2 aromatic rings. The van der Waals surface area contributed by atoms with Gasteiger partial charge in [0.15, 0.2) is 5.82 Å². The van der Waals surface area contributed by atoms with E-state index in [-0.39, 0.29) is 17.5 Å². The Kier molecular flexibility index (Phi) is 3.52. The third-order valence-electron chi connectivity index (χ3n) is 3.32. The molecule has 10 heteroatoms. The lowest BCUT2D eigenvalue weighted by molar-refractivity contribution is -0.254. The van der Waals surface area contributed by atoms with Crippen LogP contribution in [-0.4, -0.2) is 32.7 Å². The smallest absolute Gasteiger partial charge is 0.368 e. The van der Waals surface area contributed by atoms with E-state index in [0.717, 1.165) is 0 Å². The monoisotopic (exact) mass is 343 g/mol. The molecule has 1 atom stereocenters. The number of nitrogens with two attached hydrogens (primary N) is 1. The molecule has 0 aromatic carbocycles. The normalized spacial score (nSPS) is 21.6. The number of nitrogens with zero attached hydrogens (tertiary/aromatic N) is 4. The highest BCUT2D eigenvalue weighted by Crippen LogP contribution is 2.43. The zero-order chi connectivity index (χ0) is 16.8. The first-order valence-electron chi connectivity index (χ1n) is 6.52. The lowest BCUT2D eigenvalue weighted by atomic mass is 10.1. The zero-order valence-corrected chi connectivity index (χ0v) is 12.7. The molecule has 2 aromatic heterocycles. The van der Waals surface area contributed by atoms with Gasteiger partial charge in [-0.25, -0.2) is 9.99 Å². The van der Waals surface area contributed by atoms with Crippen LogP contribution in [0.15, 0.2) is 28.7 Å². The molecule has 23 heavy (non-hydrogen) atoms. The van der Waals surface area contributed by atoms with Crippen molar-refractivity contribution in [1.82, 2.24) is 9.97 Å². The molecule has 1 aliphatic heterocycles. The van der Waals surface area contributed by atoms with Gasteiger partial charge in [0.05, 0.1) is 17.0 Å². The molecule has 0 bridgehead atoms. The van der Waals surface area contributed by atoms with Crippen molar-refractivity contribution in [2.75, 3.05) is 10.7 Å². The minimum Gasteiger partial charge on any atom is -0.368 e. The SMILES string of the molecule is Cc1cc(N2N=C(c3cccs3)C[C@@]2(O)C(F)(F)F)nc(N)n1. The van der Waals surface area contributed by atoms with Crippen molar-refractivity contribution in [2.24, 2.45) is 5.10 Å². The first-order chi connectivity index (χ1) is 10.7. The maximum absolute atomic E-state index is 13.5. The van der Waals surface area contributed by atoms with Crippen LogP contribution in [0, 0.1) is 6.92 Å². The molecular weight excluding hydrogens is 331 g/mol. The van der Waals surface area contributed by atoms with Gasteiger partial charge in [-0.1, -0.05) is 6.07 Å². The Bertz CT molecular complexity index is 741. The highest BCUT2D eigenvalue weighted by Gasteiger charge is 2.62. The summed E-state index contributed by atoms with van der Waals surface area (Å²) >= 11 is 1.24. The van der Waals surface area contributed by atoms with E-state index in [2.05, 4.69) is 15.1 Å². The largest absolute Gasteiger partial charge is 0.438 e. The number of halogens is 3. The van der Waals surface area contributed by atoms with Gasteiger partial charge in [-0.15, -0.1) is 11.3 Å². The van der Waals surface area contributed by atoms with Crippen LogP contribution in [0.3, 0.4) is 0 Å². The van der Waals surface area contributed by atoms with Gasteiger partial charge in [-0.3, -0.25) is 0 Å². The highest BCUT2D eigenvalue weighted by molar-refractivity contribution is 7.12. The number of aliphatic hydroxyl groups is 1. The predicted octanol–water partition coefficient (Wildman–Crippen LogP) is 2.29. The first kappa shape index (κ1) is 15.7. The van der Waals surface area contributed by atoms with E-state index in [1.54, 1.807) is 24.4 Å². The topological polar surface area (TPSA) is 87.6 Å². The summed E-state index contributed by atoms with van der Waals surface area (Å²) in [7, 11) is 0. The summed E-state index contributed by atoms with van der Waals surface area (Å²) < 4.78 is 40.4. The van der Waals surface area contributed by atoms with E-state index < -0.39 is 18.3 Å². The number of aromatic nitrogens is 2. The van der Waals surface area contributed by atoms with Crippen LogP contribution in [0.25, 0.3) is 0 Å². The van der Waals surface area contributed by atoms with Crippen molar-refractivity contribution in [2.45, 2.75) is 25.2 Å². The number of aryl methyl sites for hydroxylation is 1. The van der Waals surface area contributed by atoms with Gasteiger partial charge in [0.1, 0.15) is 0 Å². The molecule has 1 aliphatic rings. The van der Waals surface area contributed by atoms with Crippen molar-refractivity contribution < 1.29 is 18.3 Å². The first-order valence-corrected chi connectivity index (χ1v) is 7.40. The van der Waals surface area contributed by atoms with Gasteiger partial charge >= 0.3 is 6.18 Å². The maximum Gasteiger partial charge on any atom is 0.438 e. The second-order valence-corrected chi connectivity index (χ2v) is 6.00. The third kappa shape index (κ3) is 2.63. The van der Waals surface area contributed by atoms with Crippen molar-refractivity contribution in [3.8, 4) is 0 Å². The number of hydrazone groups is 1. The summed E-state index contributed by atoms with van der Waals surface area (Å²) in [5.41, 5.74) is 2.82. The Morgan fingerprint density at radius 3 is 2.70 bits per heavy atom. The fourth-order valence-electron chi connectivity index (χ4n) is 2.27. The van der Waals surface area contributed by atoms with Gasteiger partial charge in [0.25, 0.3) is 5.72 Å². The molecule has 0 aliphatic carbocycles. The van der Waals surface area contributed by atoms with Gasteiger partial charge in [-0.2, -0.15) is 23.3 Å².